The molecule has 1 aliphatic heterocycles. The van der Waals surface area contributed by atoms with E-state index in [1.807, 2.05) is 6.92 Å². The van der Waals surface area contributed by atoms with Crippen LogP contribution in [0.1, 0.15) is 59.0 Å². The molecule has 2 atom stereocenters. The van der Waals surface area contributed by atoms with Crippen molar-refractivity contribution in [3.05, 3.63) is 29.5 Å². The van der Waals surface area contributed by atoms with Crippen molar-refractivity contribution in [3.63, 3.8) is 0 Å². The molecule has 8 heteroatoms. The summed E-state index contributed by atoms with van der Waals surface area (Å²) in [6, 6.07) is 0. The summed E-state index contributed by atoms with van der Waals surface area (Å²) in [7, 11) is 1.77. The lowest BCUT2D eigenvalue weighted by Crippen LogP contribution is -2.36. The summed E-state index contributed by atoms with van der Waals surface area (Å²) < 4.78 is 11.2. The second kappa shape index (κ2) is 6.01. The Morgan fingerprint density at radius 1 is 1.42 bits per heavy atom. The van der Waals surface area contributed by atoms with Crippen LogP contribution >= 0.6 is 0 Å². The number of aromatic amines is 1. The summed E-state index contributed by atoms with van der Waals surface area (Å²) in [4.78, 5) is 23.0. The first-order valence-corrected chi connectivity index (χ1v) is 8.33. The molecule has 0 bridgehead atoms. The number of ether oxygens (including phenoxy) is 1. The number of carbonyl (C=O) groups excluding carboxylic acids is 1. The largest absolute Gasteiger partial charge is 0.438 e. The standard InChI is InChI=1S/C16H21N5O3/c1-9-18-15(20-19-9)11-5-6-23-12(11)7-21(2)16(22)14-13(10-3-4-10)17-8-24-14/h8,10-12H,3-7H2,1-2H3,(H,18,19,20)/t11-,12-/m1/s1. The molecule has 1 N–H and O–H groups in total. The number of rotatable bonds is 5. The minimum absolute atomic E-state index is 0.0998. The van der Waals surface area contributed by atoms with Crippen LogP contribution < -0.4 is 0 Å². The second-order valence-corrected chi connectivity index (χ2v) is 6.61. The smallest absolute Gasteiger partial charge is 0.291 e. The minimum atomic E-state index is -0.144. The van der Waals surface area contributed by atoms with Crippen LogP contribution in [-0.4, -0.2) is 57.3 Å². The van der Waals surface area contributed by atoms with E-state index < -0.39 is 0 Å². The number of aryl methyl sites for hydroxylation is 1. The molecule has 3 heterocycles. The predicted molar refractivity (Wildman–Crippen MR) is 83.7 cm³/mol. The second-order valence-electron chi connectivity index (χ2n) is 6.61. The highest BCUT2D eigenvalue weighted by Crippen LogP contribution is 2.41. The summed E-state index contributed by atoms with van der Waals surface area (Å²) in [5, 5.41) is 7.12. The van der Waals surface area contributed by atoms with E-state index in [1.54, 1.807) is 11.9 Å². The molecule has 0 spiro atoms. The molecule has 2 aliphatic rings. The molecule has 1 saturated carbocycles. The Balaban J connectivity index is 1.45. The molecule has 0 unspecified atom stereocenters. The van der Waals surface area contributed by atoms with Crippen molar-refractivity contribution < 1.29 is 13.9 Å². The maximum absolute atomic E-state index is 12.7. The van der Waals surface area contributed by atoms with Gasteiger partial charge in [0.2, 0.25) is 5.76 Å². The van der Waals surface area contributed by atoms with Crippen LogP contribution in [0.5, 0.6) is 0 Å². The number of likely N-dealkylation sites (N-methyl/N-ethyl adjacent to an activating group) is 1. The lowest BCUT2D eigenvalue weighted by Gasteiger charge is -2.23. The number of carbonyl (C=O) groups is 1. The fourth-order valence-corrected chi connectivity index (χ4v) is 3.24. The third-order valence-electron chi connectivity index (χ3n) is 4.71. The number of hydrogen-bond acceptors (Lipinski definition) is 6. The van der Waals surface area contributed by atoms with E-state index in [0.29, 0.717) is 24.8 Å². The maximum atomic E-state index is 12.7. The fourth-order valence-electron chi connectivity index (χ4n) is 3.24. The van der Waals surface area contributed by atoms with Crippen molar-refractivity contribution in [1.29, 1.82) is 0 Å². The molecule has 2 fully saturated rings. The van der Waals surface area contributed by atoms with Crippen LogP contribution in [0.15, 0.2) is 10.8 Å². The van der Waals surface area contributed by atoms with Gasteiger partial charge in [0.15, 0.2) is 12.2 Å². The molecule has 2 aromatic heterocycles. The van der Waals surface area contributed by atoms with Gasteiger partial charge in [-0.05, 0) is 26.2 Å². The van der Waals surface area contributed by atoms with Crippen molar-refractivity contribution >= 4 is 5.91 Å². The van der Waals surface area contributed by atoms with E-state index in [-0.39, 0.29) is 17.9 Å². The maximum Gasteiger partial charge on any atom is 0.291 e. The monoisotopic (exact) mass is 331 g/mol. The average molecular weight is 331 g/mol. The Morgan fingerprint density at radius 2 is 2.25 bits per heavy atom. The van der Waals surface area contributed by atoms with Crippen LogP contribution in [0.4, 0.5) is 0 Å². The summed E-state index contributed by atoms with van der Waals surface area (Å²) in [6.07, 6.45) is 4.27. The topological polar surface area (TPSA) is 97.1 Å². The molecule has 128 valence electrons. The van der Waals surface area contributed by atoms with Crippen LogP contribution in [0.3, 0.4) is 0 Å². The van der Waals surface area contributed by atoms with Gasteiger partial charge in [0.1, 0.15) is 5.82 Å². The zero-order valence-corrected chi connectivity index (χ0v) is 13.9. The highest BCUT2D eigenvalue weighted by atomic mass is 16.5. The van der Waals surface area contributed by atoms with Crippen LogP contribution in [0.25, 0.3) is 0 Å². The number of oxazole rings is 1. The summed E-state index contributed by atoms with van der Waals surface area (Å²) >= 11 is 0. The fraction of sp³-hybridized carbons (Fsp3) is 0.625. The van der Waals surface area contributed by atoms with E-state index >= 15 is 0 Å². The molecule has 2 aromatic rings. The van der Waals surface area contributed by atoms with Crippen molar-refractivity contribution in [2.24, 2.45) is 0 Å². The van der Waals surface area contributed by atoms with E-state index in [0.717, 1.165) is 36.6 Å². The third kappa shape index (κ3) is 2.82. The van der Waals surface area contributed by atoms with Crippen molar-refractivity contribution in [2.45, 2.75) is 44.1 Å². The van der Waals surface area contributed by atoms with E-state index in [2.05, 4.69) is 20.2 Å². The number of hydrogen-bond donors (Lipinski definition) is 1. The predicted octanol–water partition coefficient (Wildman–Crippen LogP) is 1.62. The third-order valence-corrected chi connectivity index (χ3v) is 4.71. The zero-order valence-electron chi connectivity index (χ0n) is 13.9. The lowest BCUT2D eigenvalue weighted by atomic mass is 10.0. The van der Waals surface area contributed by atoms with Gasteiger partial charge in [-0.3, -0.25) is 9.89 Å². The normalized spacial score (nSPS) is 23.6. The number of aromatic nitrogens is 4. The molecule has 0 aromatic carbocycles. The zero-order chi connectivity index (χ0) is 16.7. The Kier molecular flexibility index (Phi) is 3.84. The highest BCUT2D eigenvalue weighted by molar-refractivity contribution is 5.92. The number of H-pyrrole nitrogens is 1. The number of nitrogens with zero attached hydrogens (tertiary/aromatic N) is 4. The molecular weight excluding hydrogens is 310 g/mol. The van der Waals surface area contributed by atoms with Crippen LogP contribution in [-0.2, 0) is 4.74 Å². The first-order chi connectivity index (χ1) is 11.6. The van der Waals surface area contributed by atoms with Crippen molar-refractivity contribution in [2.75, 3.05) is 20.2 Å². The Morgan fingerprint density at radius 3 is 2.96 bits per heavy atom. The quantitative estimate of drug-likeness (QED) is 0.894. The summed E-state index contributed by atoms with van der Waals surface area (Å²) in [5.74, 6) is 2.24. The van der Waals surface area contributed by atoms with Crippen molar-refractivity contribution in [3.8, 4) is 0 Å². The highest BCUT2D eigenvalue weighted by Gasteiger charge is 2.36. The van der Waals surface area contributed by atoms with Gasteiger partial charge in [0.05, 0.1) is 17.7 Å². The van der Waals surface area contributed by atoms with E-state index in [9.17, 15) is 4.79 Å². The minimum Gasteiger partial charge on any atom is -0.438 e. The SMILES string of the molecule is Cc1nc([C@@H]2CCO[C@@H]2CN(C)C(=O)c2ocnc2C2CC2)n[nH]1. The molecule has 4 rings (SSSR count). The first kappa shape index (κ1) is 15.3. The van der Waals surface area contributed by atoms with Crippen molar-refractivity contribution in [1.82, 2.24) is 25.1 Å². The molecule has 24 heavy (non-hydrogen) atoms. The molecule has 1 aliphatic carbocycles. The van der Waals surface area contributed by atoms with Gasteiger partial charge in [-0.25, -0.2) is 9.97 Å². The van der Waals surface area contributed by atoms with E-state index in [1.165, 1.54) is 6.39 Å². The van der Waals surface area contributed by atoms with Crippen LogP contribution in [0.2, 0.25) is 0 Å². The van der Waals surface area contributed by atoms with Gasteiger partial charge in [0.25, 0.3) is 5.91 Å². The number of nitrogens with one attached hydrogen (secondary N) is 1. The Labute approximate surface area is 139 Å². The summed E-state index contributed by atoms with van der Waals surface area (Å²) in [6.45, 7) is 3.00. The molecule has 8 nitrogen and oxygen atoms in total. The molecule has 1 saturated heterocycles. The molecular formula is C16H21N5O3. The Hall–Kier alpha value is -2.22. The molecule has 1 amide bonds. The van der Waals surface area contributed by atoms with Gasteiger partial charge >= 0.3 is 0 Å². The van der Waals surface area contributed by atoms with Gasteiger partial charge in [0, 0.05) is 26.1 Å². The first-order valence-electron chi connectivity index (χ1n) is 8.33. The lowest BCUT2D eigenvalue weighted by molar-refractivity contribution is 0.0527. The van der Waals surface area contributed by atoms with Gasteiger partial charge < -0.3 is 14.1 Å². The molecule has 0 radical (unpaired) electrons. The Bertz CT molecular complexity index is 736. The van der Waals surface area contributed by atoms with Gasteiger partial charge in [-0.15, -0.1) is 0 Å². The summed E-state index contributed by atoms with van der Waals surface area (Å²) in [5.41, 5.74) is 0.792. The number of amides is 1. The van der Waals surface area contributed by atoms with E-state index in [4.69, 9.17) is 9.15 Å². The average Bonchev–Trinajstić information content (AvgIpc) is 2.98. The van der Waals surface area contributed by atoms with Gasteiger partial charge in [-0.1, -0.05) is 0 Å². The van der Waals surface area contributed by atoms with Gasteiger partial charge in [-0.2, -0.15) is 5.10 Å². The van der Waals surface area contributed by atoms with Crippen LogP contribution in [0, 0.1) is 6.92 Å².